The Kier molecular flexibility index (Phi) is 6.82. The summed E-state index contributed by atoms with van der Waals surface area (Å²) in [5.41, 5.74) is 0.883. The molecule has 2 aromatic carbocycles. The minimum atomic E-state index is -0.559. The third kappa shape index (κ3) is 5.54. The highest BCUT2D eigenvalue weighted by atomic mass is 35.5. The third-order valence-corrected chi connectivity index (χ3v) is 5.06. The number of nitrogens with one attached hydrogen (secondary N) is 2. The topological polar surface area (TPSA) is 78.5 Å². The Balaban J connectivity index is 1.52. The van der Waals surface area contributed by atoms with Crippen LogP contribution in [0.1, 0.15) is 23.2 Å². The summed E-state index contributed by atoms with van der Waals surface area (Å²) in [5.74, 6) is -1.76. The van der Waals surface area contributed by atoms with Gasteiger partial charge in [-0.05, 0) is 43.2 Å². The Morgan fingerprint density at radius 1 is 1.14 bits per heavy atom. The quantitative estimate of drug-likeness (QED) is 0.784. The van der Waals surface area contributed by atoms with Gasteiger partial charge in [0.05, 0.1) is 17.5 Å². The number of rotatable bonds is 5. The SMILES string of the molecule is O=C(NCC(=O)N1CCC[C@H](C(=O)Nc2ccc(F)c(Cl)c2)C1)c1ccccc1. The largest absolute Gasteiger partial charge is 0.343 e. The first-order valence-corrected chi connectivity index (χ1v) is 9.69. The molecule has 0 unspecified atom stereocenters. The van der Waals surface area contributed by atoms with Crippen molar-refractivity contribution >= 4 is 35.0 Å². The molecule has 0 spiro atoms. The van der Waals surface area contributed by atoms with E-state index in [0.29, 0.717) is 30.6 Å². The van der Waals surface area contributed by atoms with Crippen molar-refractivity contribution in [3.05, 3.63) is 64.9 Å². The van der Waals surface area contributed by atoms with E-state index in [1.54, 1.807) is 35.2 Å². The van der Waals surface area contributed by atoms with Crippen molar-refractivity contribution in [2.75, 3.05) is 25.0 Å². The van der Waals surface area contributed by atoms with Crippen LogP contribution in [0.15, 0.2) is 48.5 Å². The van der Waals surface area contributed by atoms with E-state index in [4.69, 9.17) is 11.6 Å². The van der Waals surface area contributed by atoms with Gasteiger partial charge in [0.1, 0.15) is 5.82 Å². The number of anilines is 1. The van der Waals surface area contributed by atoms with Gasteiger partial charge >= 0.3 is 0 Å². The molecule has 29 heavy (non-hydrogen) atoms. The Hall–Kier alpha value is -2.93. The summed E-state index contributed by atoms with van der Waals surface area (Å²) in [5, 5.41) is 5.25. The summed E-state index contributed by atoms with van der Waals surface area (Å²) >= 11 is 5.74. The molecular formula is C21H21ClFN3O3. The highest BCUT2D eigenvalue weighted by molar-refractivity contribution is 6.31. The first kappa shape index (κ1) is 20.8. The van der Waals surface area contributed by atoms with E-state index in [1.165, 1.54) is 18.2 Å². The second-order valence-corrected chi connectivity index (χ2v) is 7.25. The third-order valence-electron chi connectivity index (χ3n) is 4.77. The van der Waals surface area contributed by atoms with Gasteiger partial charge in [-0.1, -0.05) is 29.8 Å². The second-order valence-electron chi connectivity index (χ2n) is 6.85. The van der Waals surface area contributed by atoms with Crippen molar-refractivity contribution in [1.29, 1.82) is 0 Å². The molecule has 8 heteroatoms. The van der Waals surface area contributed by atoms with Gasteiger partial charge in [-0.25, -0.2) is 4.39 Å². The first-order valence-electron chi connectivity index (χ1n) is 9.31. The number of halogens is 2. The van der Waals surface area contributed by atoms with E-state index in [1.807, 2.05) is 0 Å². The normalized spacial score (nSPS) is 16.2. The zero-order valence-electron chi connectivity index (χ0n) is 15.7. The monoisotopic (exact) mass is 417 g/mol. The van der Waals surface area contributed by atoms with Crippen LogP contribution in [0.3, 0.4) is 0 Å². The van der Waals surface area contributed by atoms with Crippen LogP contribution in [0.5, 0.6) is 0 Å². The van der Waals surface area contributed by atoms with Crippen molar-refractivity contribution in [1.82, 2.24) is 10.2 Å². The fraction of sp³-hybridized carbons (Fsp3) is 0.286. The molecule has 0 radical (unpaired) electrons. The number of amides is 3. The zero-order chi connectivity index (χ0) is 20.8. The molecule has 1 saturated heterocycles. The molecule has 0 aliphatic carbocycles. The van der Waals surface area contributed by atoms with E-state index in [-0.39, 0.29) is 41.8 Å². The molecule has 3 rings (SSSR count). The Bertz CT molecular complexity index is 907. The van der Waals surface area contributed by atoms with Gasteiger partial charge in [0.2, 0.25) is 11.8 Å². The number of piperidine rings is 1. The van der Waals surface area contributed by atoms with Crippen molar-refractivity contribution < 1.29 is 18.8 Å². The lowest BCUT2D eigenvalue weighted by molar-refractivity contribution is -0.133. The van der Waals surface area contributed by atoms with Crippen LogP contribution in [0.4, 0.5) is 10.1 Å². The summed E-state index contributed by atoms with van der Waals surface area (Å²) in [6.07, 6.45) is 1.32. The average molecular weight is 418 g/mol. The standard InChI is InChI=1S/C21H21ClFN3O3/c22-17-11-16(8-9-18(17)23)25-21(29)15-7-4-10-26(13-15)19(27)12-24-20(28)14-5-2-1-3-6-14/h1-3,5-6,8-9,11,15H,4,7,10,12-13H2,(H,24,28)(H,25,29)/t15-/m0/s1. The minimum absolute atomic E-state index is 0.0718. The molecule has 0 aromatic heterocycles. The molecule has 1 atom stereocenters. The molecule has 1 heterocycles. The van der Waals surface area contributed by atoms with Crippen LogP contribution < -0.4 is 10.6 Å². The van der Waals surface area contributed by atoms with Crippen molar-refractivity contribution in [2.45, 2.75) is 12.8 Å². The summed E-state index contributed by atoms with van der Waals surface area (Å²) in [6, 6.07) is 12.6. The summed E-state index contributed by atoms with van der Waals surface area (Å²) < 4.78 is 13.2. The highest BCUT2D eigenvalue weighted by Crippen LogP contribution is 2.22. The number of hydrogen-bond donors (Lipinski definition) is 2. The number of nitrogens with zero attached hydrogens (tertiary/aromatic N) is 1. The highest BCUT2D eigenvalue weighted by Gasteiger charge is 2.28. The van der Waals surface area contributed by atoms with E-state index in [2.05, 4.69) is 10.6 Å². The lowest BCUT2D eigenvalue weighted by atomic mass is 9.97. The molecular weight excluding hydrogens is 397 g/mol. The van der Waals surface area contributed by atoms with Gasteiger partial charge in [-0.15, -0.1) is 0 Å². The van der Waals surface area contributed by atoms with Gasteiger partial charge in [-0.3, -0.25) is 14.4 Å². The van der Waals surface area contributed by atoms with Crippen LogP contribution in [0, 0.1) is 11.7 Å². The van der Waals surface area contributed by atoms with Gasteiger partial charge in [0.25, 0.3) is 5.91 Å². The fourth-order valence-electron chi connectivity index (χ4n) is 3.20. The lowest BCUT2D eigenvalue weighted by Crippen LogP contribution is -2.47. The smallest absolute Gasteiger partial charge is 0.251 e. The van der Waals surface area contributed by atoms with Crippen molar-refractivity contribution in [3.63, 3.8) is 0 Å². The van der Waals surface area contributed by atoms with E-state index in [9.17, 15) is 18.8 Å². The summed E-state index contributed by atoms with van der Waals surface area (Å²) in [4.78, 5) is 38.6. The van der Waals surface area contributed by atoms with Gasteiger partial charge < -0.3 is 15.5 Å². The van der Waals surface area contributed by atoms with Crippen LogP contribution >= 0.6 is 11.6 Å². The number of carbonyl (C=O) groups is 3. The molecule has 152 valence electrons. The van der Waals surface area contributed by atoms with Crippen molar-refractivity contribution in [2.24, 2.45) is 5.92 Å². The average Bonchev–Trinajstić information content (AvgIpc) is 2.75. The zero-order valence-corrected chi connectivity index (χ0v) is 16.4. The van der Waals surface area contributed by atoms with Gasteiger partial charge in [-0.2, -0.15) is 0 Å². The Morgan fingerprint density at radius 2 is 1.90 bits per heavy atom. The molecule has 2 N–H and O–H groups in total. The molecule has 0 bridgehead atoms. The molecule has 6 nitrogen and oxygen atoms in total. The lowest BCUT2D eigenvalue weighted by Gasteiger charge is -2.32. The number of hydrogen-bond acceptors (Lipinski definition) is 3. The molecule has 1 fully saturated rings. The maximum atomic E-state index is 13.2. The van der Waals surface area contributed by atoms with E-state index in [0.717, 1.165) is 0 Å². The van der Waals surface area contributed by atoms with Crippen LogP contribution in [0.25, 0.3) is 0 Å². The molecule has 1 aliphatic rings. The Morgan fingerprint density at radius 3 is 2.62 bits per heavy atom. The maximum absolute atomic E-state index is 13.2. The Labute approximate surface area is 173 Å². The molecule has 2 aromatic rings. The van der Waals surface area contributed by atoms with Crippen molar-refractivity contribution in [3.8, 4) is 0 Å². The van der Waals surface area contributed by atoms with Crippen LogP contribution in [-0.2, 0) is 9.59 Å². The molecule has 3 amide bonds. The van der Waals surface area contributed by atoms with Gasteiger partial charge in [0, 0.05) is 24.3 Å². The molecule has 1 aliphatic heterocycles. The van der Waals surface area contributed by atoms with E-state index >= 15 is 0 Å². The molecule has 0 saturated carbocycles. The summed E-state index contributed by atoms with van der Waals surface area (Å²) in [7, 11) is 0. The second kappa shape index (κ2) is 9.52. The number of benzene rings is 2. The predicted octanol–water partition coefficient (Wildman–Crippen LogP) is 3.09. The van der Waals surface area contributed by atoms with Gasteiger partial charge in [0.15, 0.2) is 0 Å². The van der Waals surface area contributed by atoms with E-state index < -0.39 is 5.82 Å². The number of likely N-dealkylation sites (tertiary alicyclic amines) is 1. The summed E-state index contributed by atoms with van der Waals surface area (Å²) in [6.45, 7) is 0.669. The first-order chi connectivity index (χ1) is 13.9. The fourth-order valence-corrected chi connectivity index (χ4v) is 3.38. The van der Waals surface area contributed by atoms with Crippen LogP contribution in [0.2, 0.25) is 5.02 Å². The maximum Gasteiger partial charge on any atom is 0.251 e. The predicted molar refractivity (Wildman–Crippen MR) is 108 cm³/mol. The van der Waals surface area contributed by atoms with Crippen LogP contribution in [-0.4, -0.2) is 42.3 Å². The number of carbonyl (C=O) groups excluding carboxylic acids is 3. The minimum Gasteiger partial charge on any atom is -0.343 e.